The molecule has 4 atom stereocenters. The summed E-state index contributed by atoms with van der Waals surface area (Å²) in [6.07, 6.45) is 8.02. The van der Waals surface area contributed by atoms with E-state index in [9.17, 15) is 0 Å². The normalized spacial score (nSPS) is 40.1. The number of ether oxygens (including phenoxy) is 1. The van der Waals surface area contributed by atoms with Gasteiger partial charge in [0.15, 0.2) is 0 Å². The Labute approximate surface area is 121 Å². The number of fused-ring (bicyclic) bond motifs is 3. The van der Waals surface area contributed by atoms with Crippen LogP contribution in [0.15, 0.2) is 24.3 Å². The number of nitrogens with one attached hydrogen (secondary N) is 1. The van der Waals surface area contributed by atoms with Crippen molar-refractivity contribution in [2.24, 2.45) is 5.92 Å². The molecule has 1 spiro atoms. The molecule has 0 bridgehead atoms. The molecule has 1 aromatic carbocycles. The van der Waals surface area contributed by atoms with Crippen molar-refractivity contribution in [3.8, 4) is 0 Å². The summed E-state index contributed by atoms with van der Waals surface area (Å²) in [5.41, 5.74) is 3.18. The molecular formula is C18H25NO. The number of rotatable bonds is 0. The van der Waals surface area contributed by atoms with Gasteiger partial charge in [-0.25, -0.2) is 0 Å². The summed E-state index contributed by atoms with van der Waals surface area (Å²) in [4.78, 5) is 0. The van der Waals surface area contributed by atoms with E-state index in [0.717, 1.165) is 12.5 Å². The molecule has 1 aromatic rings. The topological polar surface area (TPSA) is 21.3 Å². The van der Waals surface area contributed by atoms with Gasteiger partial charge in [0.05, 0.1) is 12.7 Å². The van der Waals surface area contributed by atoms with E-state index in [1.807, 2.05) is 0 Å². The van der Waals surface area contributed by atoms with Gasteiger partial charge in [-0.05, 0) is 42.7 Å². The molecule has 0 aromatic heterocycles. The first-order valence-corrected chi connectivity index (χ1v) is 8.23. The molecule has 1 saturated carbocycles. The van der Waals surface area contributed by atoms with Crippen LogP contribution in [0.2, 0.25) is 0 Å². The van der Waals surface area contributed by atoms with Gasteiger partial charge in [-0.1, -0.05) is 44.0 Å². The maximum absolute atomic E-state index is 6.39. The fourth-order valence-corrected chi connectivity index (χ4v) is 4.68. The van der Waals surface area contributed by atoms with Crippen LogP contribution in [-0.4, -0.2) is 18.2 Å². The second-order valence-corrected chi connectivity index (χ2v) is 7.20. The SMILES string of the molecule is CC1CCCC2(COC3c4ccccc4CCC3N2)C1. The van der Waals surface area contributed by atoms with Gasteiger partial charge in [-0.3, -0.25) is 0 Å². The molecule has 2 nitrogen and oxygen atoms in total. The Morgan fingerprint density at radius 2 is 2.15 bits per heavy atom. The fourth-order valence-electron chi connectivity index (χ4n) is 4.68. The van der Waals surface area contributed by atoms with E-state index in [0.29, 0.717) is 6.04 Å². The molecule has 1 N–H and O–H groups in total. The Morgan fingerprint density at radius 1 is 1.25 bits per heavy atom. The van der Waals surface area contributed by atoms with E-state index >= 15 is 0 Å². The van der Waals surface area contributed by atoms with Gasteiger partial charge in [0.1, 0.15) is 0 Å². The lowest BCUT2D eigenvalue weighted by Crippen LogP contribution is -2.62. The molecule has 0 radical (unpaired) electrons. The summed E-state index contributed by atoms with van der Waals surface area (Å²) in [5.74, 6) is 0.840. The Bertz CT molecular complexity index is 500. The summed E-state index contributed by atoms with van der Waals surface area (Å²) in [6.45, 7) is 3.29. The molecule has 1 heterocycles. The minimum atomic E-state index is 0.269. The molecule has 3 aliphatic rings. The van der Waals surface area contributed by atoms with E-state index in [-0.39, 0.29) is 11.6 Å². The van der Waals surface area contributed by atoms with E-state index in [2.05, 4.69) is 36.5 Å². The average Bonchev–Trinajstić information content (AvgIpc) is 2.46. The summed E-state index contributed by atoms with van der Waals surface area (Å²) in [5, 5.41) is 4.02. The third-order valence-corrected chi connectivity index (χ3v) is 5.57. The predicted octanol–water partition coefficient (Wildman–Crippen LogP) is 3.61. The van der Waals surface area contributed by atoms with E-state index in [1.54, 1.807) is 0 Å². The van der Waals surface area contributed by atoms with Crippen molar-refractivity contribution >= 4 is 0 Å². The second-order valence-electron chi connectivity index (χ2n) is 7.20. The fraction of sp³-hybridized carbons (Fsp3) is 0.667. The third kappa shape index (κ3) is 2.10. The van der Waals surface area contributed by atoms with Crippen molar-refractivity contribution in [1.82, 2.24) is 5.32 Å². The highest BCUT2D eigenvalue weighted by Gasteiger charge is 2.44. The first-order valence-electron chi connectivity index (χ1n) is 8.23. The highest BCUT2D eigenvalue weighted by Crippen LogP contribution is 2.42. The molecular weight excluding hydrogens is 246 g/mol. The van der Waals surface area contributed by atoms with Gasteiger partial charge < -0.3 is 10.1 Å². The molecule has 2 fully saturated rings. The summed E-state index contributed by atoms with van der Waals surface area (Å²) in [7, 11) is 0. The maximum atomic E-state index is 6.39. The van der Waals surface area contributed by atoms with Gasteiger partial charge in [0, 0.05) is 11.6 Å². The lowest BCUT2D eigenvalue weighted by Gasteiger charge is -2.51. The zero-order valence-corrected chi connectivity index (χ0v) is 12.4. The van der Waals surface area contributed by atoms with Crippen LogP contribution in [0.1, 0.15) is 56.3 Å². The number of hydrogen-bond donors (Lipinski definition) is 1. The first-order chi connectivity index (χ1) is 9.76. The zero-order chi connectivity index (χ0) is 13.6. The second kappa shape index (κ2) is 4.85. The summed E-state index contributed by atoms with van der Waals surface area (Å²) >= 11 is 0. The highest BCUT2D eigenvalue weighted by molar-refractivity contribution is 5.33. The number of hydrogen-bond acceptors (Lipinski definition) is 2. The van der Waals surface area contributed by atoms with Crippen molar-refractivity contribution < 1.29 is 4.74 Å². The molecule has 1 aliphatic heterocycles. The lowest BCUT2D eigenvalue weighted by molar-refractivity contribution is -0.0860. The zero-order valence-electron chi connectivity index (χ0n) is 12.4. The van der Waals surface area contributed by atoms with Crippen LogP contribution in [0.3, 0.4) is 0 Å². The monoisotopic (exact) mass is 271 g/mol. The minimum Gasteiger partial charge on any atom is -0.370 e. The van der Waals surface area contributed by atoms with Crippen LogP contribution in [-0.2, 0) is 11.2 Å². The molecule has 4 unspecified atom stereocenters. The first kappa shape index (κ1) is 12.8. The number of aryl methyl sites for hydroxylation is 1. The molecule has 1 saturated heterocycles. The Hall–Kier alpha value is -0.860. The van der Waals surface area contributed by atoms with Crippen molar-refractivity contribution in [3.63, 3.8) is 0 Å². The smallest absolute Gasteiger partial charge is 0.0981 e. The molecule has 4 rings (SSSR count). The lowest BCUT2D eigenvalue weighted by atomic mass is 9.73. The van der Waals surface area contributed by atoms with Gasteiger partial charge in [-0.15, -0.1) is 0 Å². The van der Waals surface area contributed by atoms with Gasteiger partial charge in [0.2, 0.25) is 0 Å². The van der Waals surface area contributed by atoms with E-state index in [4.69, 9.17) is 4.74 Å². The Morgan fingerprint density at radius 3 is 3.05 bits per heavy atom. The molecule has 20 heavy (non-hydrogen) atoms. The standard InChI is InChI=1S/C18H25NO/c1-13-5-4-10-18(11-13)12-20-17-15-7-3-2-6-14(15)8-9-16(17)19-18/h2-3,6-7,13,16-17,19H,4-5,8-12H2,1H3. The molecule has 108 valence electrons. The van der Waals surface area contributed by atoms with Crippen LogP contribution in [0.5, 0.6) is 0 Å². The summed E-state index contributed by atoms with van der Waals surface area (Å²) in [6, 6.07) is 9.35. The van der Waals surface area contributed by atoms with Crippen molar-refractivity contribution in [1.29, 1.82) is 0 Å². The van der Waals surface area contributed by atoms with Crippen LogP contribution in [0.4, 0.5) is 0 Å². The van der Waals surface area contributed by atoms with Gasteiger partial charge >= 0.3 is 0 Å². The quantitative estimate of drug-likeness (QED) is 0.778. The van der Waals surface area contributed by atoms with Crippen LogP contribution in [0, 0.1) is 5.92 Å². The summed E-state index contributed by atoms with van der Waals surface area (Å²) < 4.78 is 6.39. The average molecular weight is 271 g/mol. The largest absolute Gasteiger partial charge is 0.370 e. The van der Waals surface area contributed by atoms with Crippen LogP contribution in [0.25, 0.3) is 0 Å². The minimum absolute atomic E-state index is 0.269. The van der Waals surface area contributed by atoms with Gasteiger partial charge in [0.25, 0.3) is 0 Å². The third-order valence-electron chi connectivity index (χ3n) is 5.57. The highest BCUT2D eigenvalue weighted by atomic mass is 16.5. The number of morpholine rings is 1. The maximum Gasteiger partial charge on any atom is 0.0981 e. The van der Waals surface area contributed by atoms with E-state index in [1.165, 1.54) is 49.7 Å². The molecule has 2 aliphatic carbocycles. The van der Waals surface area contributed by atoms with Crippen LogP contribution < -0.4 is 5.32 Å². The van der Waals surface area contributed by atoms with Crippen molar-refractivity contribution in [3.05, 3.63) is 35.4 Å². The molecule has 2 heteroatoms. The van der Waals surface area contributed by atoms with Crippen LogP contribution >= 0.6 is 0 Å². The Balaban J connectivity index is 1.57. The predicted molar refractivity (Wildman–Crippen MR) is 80.7 cm³/mol. The van der Waals surface area contributed by atoms with Crippen molar-refractivity contribution in [2.75, 3.05) is 6.61 Å². The molecule has 0 amide bonds. The number of benzene rings is 1. The Kier molecular flexibility index (Phi) is 3.12. The van der Waals surface area contributed by atoms with E-state index < -0.39 is 0 Å². The van der Waals surface area contributed by atoms with Gasteiger partial charge in [-0.2, -0.15) is 0 Å². The van der Waals surface area contributed by atoms with Crippen molar-refractivity contribution in [2.45, 2.75) is 63.1 Å².